The van der Waals surface area contributed by atoms with Crippen LogP contribution in [0.5, 0.6) is 23.0 Å². The van der Waals surface area contributed by atoms with E-state index in [0.717, 1.165) is 27.6 Å². The number of nitrogens with zero attached hydrogens (tertiary/aromatic N) is 2. The second-order valence-corrected chi connectivity index (χ2v) is 9.55. The standard InChI is InChI=1S/C33H31N2O6/c1-34-17-16-25-19-30(38-2)31(41-22-24-12-8-5-9-13-24)20-27(25)28(34)18-26-14-15-29(33(39-3)32(26)35(36)37)40-21-23-10-6-4-7-11-23/h4-17,19-20H,18,21-22H2,1-3H3/q+1. The smallest absolute Gasteiger partial charge is 0.318 e. The van der Waals surface area contributed by atoms with Crippen molar-refractivity contribution in [2.24, 2.45) is 7.05 Å². The van der Waals surface area contributed by atoms with Gasteiger partial charge in [0.25, 0.3) is 0 Å². The highest BCUT2D eigenvalue weighted by molar-refractivity contribution is 5.87. The summed E-state index contributed by atoms with van der Waals surface area (Å²) in [5.41, 5.74) is 3.24. The van der Waals surface area contributed by atoms with Crippen LogP contribution in [0.1, 0.15) is 22.4 Å². The van der Waals surface area contributed by atoms with E-state index in [0.29, 0.717) is 29.4 Å². The second-order valence-electron chi connectivity index (χ2n) is 9.55. The summed E-state index contributed by atoms with van der Waals surface area (Å²) in [5.74, 6) is 1.61. The topological polar surface area (TPSA) is 83.9 Å². The van der Waals surface area contributed by atoms with E-state index in [1.165, 1.54) is 7.11 Å². The van der Waals surface area contributed by atoms with Gasteiger partial charge in [-0.2, -0.15) is 0 Å². The van der Waals surface area contributed by atoms with Crippen molar-refractivity contribution in [2.75, 3.05) is 14.2 Å². The number of methoxy groups -OCH3 is 2. The van der Waals surface area contributed by atoms with E-state index in [9.17, 15) is 10.1 Å². The third-order valence-electron chi connectivity index (χ3n) is 6.95. The largest absolute Gasteiger partial charge is 0.493 e. The number of benzene rings is 4. The Bertz CT molecular complexity index is 1670. The predicted octanol–water partition coefficient (Wildman–Crippen LogP) is 6.34. The van der Waals surface area contributed by atoms with Crippen molar-refractivity contribution < 1.29 is 28.4 Å². The zero-order chi connectivity index (χ0) is 28.8. The molecule has 5 aromatic rings. The first-order chi connectivity index (χ1) is 20.0. The number of rotatable bonds is 11. The molecular formula is C33H31N2O6+. The van der Waals surface area contributed by atoms with Gasteiger partial charge in [0.1, 0.15) is 20.3 Å². The van der Waals surface area contributed by atoms with E-state index >= 15 is 0 Å². The Morgan fingerprint density at radius 1 is 0.756 bits per heavy atom. The summed E-state index contributed by atoms with van der Waals surface area (Å²) in [7, 11) is 4.95. The summed E-state index contributed by atoms with van der Waals surface area (Å²) in [6.07, 6.45) is 2.21. The maximum Gasteiger partial charge on any atom is 0.318 e. The van der Waals surface area contributed by atoms with Gasteiger partial charge in [0.2, 0.25) is 5.75 Å². The lowest BCUT2D eigenvalue weighted by molar-refractivity contribution is -0.677. The van der Waals surface area contributed by atoms with Gasteiger partial charge in [-0.05, 0) is 40.8 Å². The summed E-state index contributed by atoms with van der Waals surface area (Å²) in [5, 5.41) is 14.2. The van der Waals surface area contributed by atoms with Gasteiger partial charge >= 0.3 is 5.69 Å². The molecule has 0 aliphatic heterocycles. The summed E-state index contributed by atoms with van der Waals surface area (Å²) < 4.78 is 25.2. The molecule has 0 bridgehead atoms. The van der Waals surface area contributed by atoms with Crippen molar-refractivity contribution in [3.63, 3.8) is 0 Å². The third kappa shape index (κ3) is 6.06. The molecule has 8 nitrogen and oxygen atoms in total. The molecule has 0 saturated heterocycles. The Morgan fingerprint density at radius 3 is 1.98 bits per heavy atom. The van der Waals surface area contributed by atoms with Crippen LogP contribution in [0.4, 0.5) is 5.69 Å². The lowest BCUT2D eigenvalue weighted by atomic mass is 10.0. The average molecular weight is 552 g/mol. The summed E-state index contributed by atoms with van der Waals surface area (Å²) in [6, 6.07) is 28.8. The van der Waals surface area contributed by atoms with Crippen LogP contribution < -0.4 is 23.5 Å². The summed E-state index contributed by atoms with van der Waals surface area (Å²) in [6.45, 7) is 0.643. The minimum Gasteiger partial charge on any atom is -0.493 e. The van der Waals surface area contributed by atoms with Crippen molar-refractivity contribution in [1.82, 2.24) is 0 Å². The number of hydrogen-bond acceptors (Lipinski definition) is 6. The van der Waals surface area contributed by atoms with Crippen LogP contribution >= 0.6 is 0 Å². The molecule has 1 aromatic heterocycles. The van der Waals surface area contributed by atoms with Crippen LogP contribution in [0.15, 0.2) is 97.2 Å². The predicted molar refractivity (Wildman–Crippen MR) is 156 cm³/mol. The molecular weight excluding hydrogens is 520 g/mol. The molecule has 0 aliphatic rings. The number of hydrogen-bond donors (Lipinski definition) is 0. The van der Waals surface area contributed by atoms with Crippen LogP contribution in [0.25, 0.3) is 10.8 Å². The van der Waals surface area contributed by atoms with Gasteiger partial charge in [0.15, 0.2) is 29.1 Å². The molecule has 0 saturated carbocycles. The molecule has 5 rings (SSSR count). The van der Waals surface area contributed by atoms with E-state index in [1.54, 1.807) is 19.2 Å². The van der Waals surface area contributed by atoms with Gasteiger partial charge in [-0.15, -0.1) is 0 Å². The number of nitro groups is 1. The molecule has 0 aliphatic carbocycles. The van der Waals surface area contributed by atoms with Crippen LogP contribution in [0.2, 0.25) is 0 Å². The van der Waals surface area contributed by atoms with Crippen LogP contribution in [-0.2, 0) is 26.7 Å². The van der Waals surface area contributed by atoms with Crippen molar-refractivity contribution in [3.05, 3.63) is 130 Å². The first kappa shape index (κ1) is 27.5. The molecule has 0 unspecified atom stereocenters. The van der Waals surface area contributed by atoms with E-state index in [1.807, 2.05) is 96.7 Å². The molecule has 0 atom stereocenters. The lowest BCUT2D eigenvalue weighted by Gasteiger charge is -2.15. The minimum atomic E-state index is -0.411. The highest BCUT2D eigenvalue weighted by Gasteiger charge is 2.28. The first-order valence-electron chi connectivity index (χ1n) is 13.2. The number of nitro benzene ring substituents is 1. The van der Waals surface area contributed by atoms with E-state index in [-0.39, 0.29) is 24.5 Å². The molecule has 41 heavy (non-hydrogen) atoms. The Labute approximate surface area is 238 Å². The highest BCUT2D eigenvalue weighted by Crippen LogP contribution is 2.41. The van der Waals surface area contributed by atoms with E-state index in [2.05, 4.69) is 0 Å². The monoisotopic (exact) mass is 551 g/mol. The van der Waals surface area contributed by atoms with E-state index < -0.39 is 4.92 Å². The minimum absolute atomic E-state index is 0.0971. The SMILES string of the molecule is COc1cc2cc[n+](C)c(Cc3ccc(OCc4ccccc4)c(OC)c3[N+](=O)[O-])c2cc1OCc1ccccc1. The highest BCUT2D eigenvalue weighted by atomic mass is 16.6. The zero-order valence-electron chi connectivity index (χ0n) is 23.2. The molecule has 0 fully saturated rings. The lowest BCUT2D eigenvalue weighted by Crippen LogP contribution is -2.33. The number of aromatic nitrogens is 1. The van der Waals surface area contributed by atoms with Crippen LogP contribution in [0.3, 0.4) is 0 Å². The van der Waals surface area contributed by atoms with Gasteiger partial charge in [0.05, 0.1) is 30.9 Å². The number of aryl methyl sites for hydroxylation is 1. The molecule has 0 radical (unpaired) electrons. The number of ether oxygens (including phenoxy) is 4. The Hall–Kier alpha value is -5.11. The average Bonchev–Trinajstić information content (AvgIpc) is 3.00. The van der Waals surface area contributed by atoms with Crippen molar-refractivity contribution >= 4 is 16.5 Å². The summed E-state index contributed by atoms with van der Waals surface area (Å²) >= 11 is 0. The molecule has 4 aromatic carbocycles. The second kappa shape index (κ2) is 12.4. The Morgan fingerprint density at radius 2 is 1.39 bits per heavy atom. The molecule has 0 spiro atoms. The normalized spacial score (nSPS) is 10.8. The molecule has 208 valence electrons. The number of pyridine rings is 1. The fraction of sp³-hybridized carbons (Fsp3) is 0.182. The van der Waals surface area contributed by atoms with Crippen molar-refractivity contribution in [1.29, 1.82) is 0 Å². The first-order valence-corrected chi connectivity index (χ1v) is 13.2. The van der Waals surface area contributed by atoms with Crippen LogP contribution in [0, 0.1) is 10.1 Å². The summed E-state index contributed by atoms with van der Waals surface area (Å²) in [4.78, 5) is 11.9. The Balaban J connectivity index is 1.52. The van der Waals surface area contributed by atoms with Crippen molar-refractivity contribution in [3.8, 4) is 23.0 Å². The van der Waals surface area contributed by atoms with Gasteiger partial charge in [-0.1, -0.05) is 60.7 Å². The molecule has 0 N–H and O–H groups in total. The quantitative estimate of drug-likeness (QED) is 0.108. The molecule has 1 heterocycles. The van der Waals surface area contributed by atoms with Crippen LogP contribution in [-0.4, -0.2) is 19.1 Å². The third-order valence-corrected chi connectivity index (χ3v) is 6.95. The fourth-order valence-electron chi connectivity index (χ4n) is 4.83. The van der Waals surface area contributed by atoms with Gasteiger partial charge < -0.3 is 18.9 Å². The fourth-order valence-corrected chi connectivity index (χ4v) is 4.83. The molecule has 8 heteroatoms. The van der Waals surface area contributed by atoms with Gasteiger partial charge in [-0.3, -0.25) is 10.1 Å². The molecule has 0 amide bonds. The van der Waals surface area contributed by atoms with Gasteiger partial charge in [0, 0.05) is 11.6 Å². The number of fused-ring (bicyclic) bond motifs is 1. The maximum atomic E-state index is 12.4. The Kier molecular flexibility index (Phi) is 8.29. The zero-order valence-corrected chi connectivity index (χ0v) is 23.2. The maximum absolute atomic E-state index is 12.4. The van der Waals surface area contributed by atoms with Gasteiger partial charge in [-0.25, -0.2) is 4.57 Å². The van der Waals surface area contributed by atoms with Crippen molar-refractivity contribution in [2.45, 2.75) is 19.6 Å². The van der Waals surface area contributed by atoms with E-state index in [4.69, 9.17) is 18.9 Å².